The molecule has 0 atom stereocenters. The van der Waals surface area contributed by atoms with Crippen molar-refractivity contribution in [3.05, 3.63) is 29.3 Å². The molecule has 1 aliphatic rings. The molecule has 5 nitrogen and oxygen atoms in total. The second-order valence-electron chi connectivity index (χ2n) is 5.89. The van der Waals surface area contributed by atoms with Crippen molar-refractivity contribution in [1.29, 1.82) is 0 Å². The minimum Gasteiger partial charge on any atom is -0.484 e. The summed E-state index contributed by atoms with van der Waals surface area (Å²) in [7, 11) is 0. The number of piperidine rings is 1. The Hall–Kier alpha value is -1.75. The maximum Gasteiger partial charge on any atom is 0.260 e. The molecule has 0 radical (unpaired) electrons. The van der Waals surface area contributed by atoms with Crippen LogP contribution in [-0.4, -0.2) is 48.3 Å². The number of ether oxygens (including phenoxy) is 1. The lowest BCUT2D eigenvalue weighted by Gasteiger charge is -2.32. The Kier molecular flexibility index (Phi) is 6.28. The summed E-state index contributed by atoms with van der Waals surface area (Å²) in [6, 6.07) is 5.91. The first-order valence-electron chi connectivity index (χ1n) is 7.82. The molecular weight excluding hydrogens is 316 g/mol. The van der Waals surface area contributed by atoms with Gasteiger partial charge in [0.1, 0.15) is 11.6 Å². The SMILES string of the molecule is Cc1ccc(OCC(=O)N2CCC(NC(=O)CCl)CC2)cc1C. The third-order valence-corrected chi connectivity index (χ3v) is 4.42. The maximum absolute atomic E-state index is 12.2. The first kappa shape index (κ1) is 17.6. The normalized spacial score (nSPS) is 15.3. The van der Waals surface area contributed by atoms with Crippen LogP contribution in [0.2, 0.25) is 0 Å². The quantitative estimate of drug-likeness (QED) is 0.836. The van der Waals surface area contributed by atoms with Gasteiger partial charge in [0, 0.05) is 19.1 Å². The summed E-state index contributed by atoms with van der Waals surface area (Å²) in [5.74, 6) is 0.508. The van der Waals surface area contributed by atoms with Gasteiger partial charge in [-0.15, -0.1) is 11.6 Å². The fraction of sp³-hybridized carbons (Fsp3) is 0.529. The number of nitrogens with one attached hydrogen (secondary N) is 1. The van der Waals surface area contributed by atoms with Crippen LogP contribution in [0, 0.1) is 13.8 Å². The van der Waals surface area contributed by atoms with Crippen molar-refractivity contribution in [3.8, 4) is 5.75 Å². The molecule has 2 amide bonds. The molecule has 2 rings (SSSR count). The Morgan fingerprint density at radius 2 is 1.96 bits per heavy atom. The van der Waals surface area contributed by atoms with Crippen LogP contribution in [0.1, 0.15) is 24.0 Å². The van der Waals surface area contributed by atoms with E-state index in [0.717, 1.165) is 18.4 Å². The molecule has 126 valence electrons. The molecule has 0 saturated carbocycles. The van der Waals surface area contributed by atoms with E-state index in [0.29, 0.717) is 18.8 Å². The van der Waals surface area contributed by atoms with Gasteiger partial charge in [0.05, 0.1) is 0 Å². The molecule has 23 heavy (non-hydrogen) atoms. The molecule has 1 saturated heterocycles. The highest BCUT2D eigenvalue weighted by Crippen LogP contribution is 2.17. The summed E-state index contributed by atoms with van der Waals surface area (Å²) in [4.78, 5) is 25.2. The van der Waals surface area contributed by atoms with Crippen LogP contribution in [0.25, 0.3) is 0 Å². The van der Waals surface area contributed by atoms with Gasteiger partial charge in [-0.2, -0.15) is 0 Å². The number of carbonyl (C=O) groups excluding carboxylic acids is 2. The lowest BCUT2D eigenvalue weighted by molar-refractivity contribution is -0.134. The third-order valence-electron chi connectivity index (χ3n) is 4.17. The second-order valence-corrected chi connectivity index (χ2v) is 6.16. The van der Waals surface area contributed by atoms with E-state index < -0.39 is 0 Å². The predicted molar refractivity (Wildman–Crippen MR) is 89.9 cm³/mol. The molecule has 0 spiro atoms. The number of amides is 2. The van der Waals surface area contributed by atoms with Gasteiger partial charge >= 0.3 is 0 Å². The minimum atomic E-state index is -0.158. The van der Waals surface area contributed by atoms with Crippen LogP contribution in [0.4, 0.5) is 0 Å². The Labute approximate surface area is 141 Å². The van der Waals surface area contributed by atoms with E-state index in [4.69, 9.17) is 16.3 Å². The zero-order valence-corrected chi connectivity index (χ0v) is 14.4. The summed E-state index contributed by atoms with van der Waals surface area (Å²) >= 11 is 5.48. The van der Waals surface area contributed by atoms with Gasteiger partial charge in [-0.25, -0.2) is 0 Å². The topological polar surface area (TPSA) is 58.6 Å². The standard InChI is InChI=1S/C17H23ClN2O3/c1-12-3-4-15(9-13(12)2)23-11-17(22)20-7-5-14(6-8-20)19-16(21)10-18/h3-4,9,14H,5-8,10-11H2,1-2H3,(H,19,21). The first-order chi connectivity index (χ1) is 11.0. The summed E-state index contributed by atoms with van der Waals surface area (Å²) in [6.07, 6.45) is 1.50. The van der Waals surface area contributed by atoms with Crippen molar-refractivity contribution >= 4 is 23.4 Å². The number of aryl methyl sites for hydroxylation is 2. The number of hydrogen-bond acceptors (Lipinski definition) is 3. The van der Waals surface area contributed by atoms with Gasteiger partial charge in [-0.3, -0.25) is 9.59 Å². The predicted octanol–water partition coefficient (Wildman–Crippen LogP) is 2.03. The Morgan fingerprint density at radius 3 is 2.57 bits per heavy atom. The van der Waals surface area contributed by atoms with Crippen molar-refractivity contribution < 1.29 is 14.3 Å². The summed E-state index contributed by atoms with van der Waals surface area (Å²) in [5, 5.41) is 2.86. The van der Waals surface area contributed by atoms with E-state index in [-0.39, 0.29) is 30.3 Å². The van der Waals surface area contributed by atoms with Crippen molar-refractivity contribution in [2.75, 3.05) is 25.6 Å². The van der Waals surface area contributed by atoms with Gasteiger partial charge in [-0.05, 0) is 49.9 Å². The lowest BCUT2D eigenvalue weighted by atomic mass is 10.1. The zero-order valence-electron chi connectivity index (χ0n) is 13.6. The minimum absolute atomic E-state index is 0.0228. The molecule has 1 fully saturated rings. The lowest BCUT2D eigenvalue weighted by Crippen LogP contribution is -2.47. The number of carbonyl (C=O) groups is 2. The van der Waals surface area contributed by atoms with Crippen molar-refractivity contribution in [1.82, 2.24) is 10.2 Å². The molecule has 0 aromatic heterocycles. The molecule has 1 heterocycles. The molecule has 6 heteroatoms. The summed E-state index contributed by atoms with van der Waals surface area (Å²) < 4.78 is 5.59. The van der Waals surface area contributed by atoms with Gasteiger partial charge in [-0.1, -0.05) is 6.07 Å². The third kappa shape index (κ3) is 5.13. The molecule has 0 aliphatic carbocycles. The molecule has 1 aromatic rings. The number of halogens is 1. The summed E-state index contributed by atoms with van der Waals surface area (Å²) in [6.45, 7) is 5.35. The summed E-state index contributed by atoms with van der Waals surface area (Å²) in [5.41, 5.74) is 2.34. The van der Waals surface area contributed by atoms with E-state index in [1.54, 1.807) is 4.90 Å². The number of nitrogens with zero attached hydrogens (tertiary/aromatic N) is 1. The van der Waals surface area contributed by atoms with Gasteiger partial charge < -0.3 is 15.0 Å². The Morgan fingerprint density at radius 1 is 1.26 bits per heavy atom. The number of likely N-dealkylation sites (tertiary alicyclic amines) is 1. The fourth-order valence-corrected chi connectivity index (χ4v) is 2.66. The highest BCUT2D eigenvalue weighted by Gasteiger charge is 2.23. The average Bonchev–Trinajstić information content (AvgIpc) is 2.56. The first-order valence-corrected chi connectivity index (χ1v) is 8.36. The number of hydrogen-bond donors (Lipinski definition) is 1. The maximum atomic E-state index is 12.2. The van der Waals surface area contributed by atoms with Crippen molar-refractivity contribution in [2.24, 2.45) is 0 Å². The van der Waals surface area contributed by atoms with Gasteiger partial charge in [0.2, 0.25) is 5.91 Å². The second kappa shape index (κ2) is 8.20. The van der Waals surface area contributed by atoms with E-state index >= 15 is 0 Å². The number of alkyl halides is 1. The highest BCUT2D eigenvalue weighted by molar-refractivity contribution is 6.27. The largest absolute Gasteiger partial charge is 0.484 e. The van der Waals surface area contributed by atoms with E-state index in [9.17, 15) is 9.59 Å². The molecular formula is C17H23ClN2O3. The Balaban J connectivity index is 1.76. The number of benzene rings is 1. The molecule has 1 aliphatic heterocycles. The van der Waals surface area contributed by atoms with Crippen LogP contribution in [0.15, 0.2) is 18.2 Å². The van der Waals surface area contributed by atoms with Gasteiger partial charge in [0.15, 0.2) is 6.61 Å². The van der Waals surface area contributed by atoms with Gasteiger partial charge in [0.25, 0.3) is 5.91 Å². The van der Waals surface area contributed by atoms with Crippen LogP contribution in [0.3, 0.4) is 0 Å². The highest BCUT2D eigenvalue weighted by atomic mass is 35.5. The average molecular weight is 339 g/mol. The Bertz CT molecular complexity index is 569. The zero-order chi connectivity index (χ0) is 16.8. The van der Waals surface area contributed by atoms with E-state index in [1.165, 1.54) is 5.56 Å². The molecule has 0 unspecified atom stereocenters. The van der Waals surface area contributed by atoms with Crippen LogP contribution < -0.4 is 10.1 Å². The number of rotatable bonds is 5. The fourth-order valence-electron chi connectivity index (χ4n) is 2.58. The smallest absolute Gasteiger partial charge is 0.260 e. The van der Waals surface area contributed by atoms with Crippen LogP contribution in [-0.2, 0) is 9.59 Å². The van der Waals surface area contributed by atoms with Crippen molar-refractivity contribution in [2.45, 2.75) is 32.7 Å². The van der Waals surface area contributed by atoms with E-state index in [2.05, 4.69) is 5.32 Å². The van der Waals surface area contributed by atoms with E-state index in [1.807, 2.05) is 32.0 Å². The molecule has 1 N–H and O–H groups in total. The van der Waals surface area contributed by atoms with Crippen molar-refractivity contribution in [3.63, 3.8) is 0 Å². The monoisotopic (exact) mass is 338 g/mol. The van der Waals surface area contributed by atoms with Crippen LogP contribution >= 0.6 is 11.6 Å². The molecule has 0 bridgehead atoms. The van der Waals surface area contributed by atoms with Crippen LogP contribution in [0.5, 0.6) is 5.75 Å². The molecule has 1 aromatic carbocycles.